The van der Waals surface area contributed by atoms with Crippen molar-refractivity contribution in [3.8, 4) is 0 Å². The Balaban J connectivity index is 1.96. The van der Waals surface area contributed by atoms with Gasteiger partial charge in [-0.3, -0.25) is 9.48 Å². The summed E-state index contributed by atoms with van der Waals surface area (Å²) in [5, 5.41) is 14.1. The fourth-order valence-corrected chi connectivity index (χ4v) is 2.80. The molecule has 2 rings (SSSR count). The van der Waals surface area contributed by atoms with Crippen LogP contribution in [0.1, 0.15) is 16.8 Å². The van der Waals surface area contributed by atoms with Crippen LogP contribution in [0.2, 0.25) is 0 Å². The maximum Gasteiger partial charge on any atom is 0.307 e. The normalized spacial score (nSPS) is 10.6. The molecule has 1 N–H and O–H groups in total. The average Bonchev–Trinajstić information content (AvgIpc) is 2.66. The molecule has 0 unspecified atom stereocenters. The van der Waals surface area contributed by atoms with Crippen LogP contribution in [0.5, 0.6) is 0 Å². The van der Waals surface area contributed by atoms with Gasteiger partial charge in [-0.15, -0.1) is 11.8 Å². The van der Waals surface area contributed by atoms with Gasteiger partial charge in [0.25, 0.3) is 0 Å². The standard InChI is InChI=1S/C14H16N2O2S/c1-10-7-13(16(2)15-10)19-9-12-5-3-11(4-6-12)8-14(17)18/h3-7H,8-9H2,1-2H3,(H,17,18). The second-order valence-corrected chi connectivity index (χ2v) is 5.42. The first-order valence-corrected chi connectivity index (χ1v) is 6.96. The van der Waals surface area contributed by atoms with E-state index in [0.717, 1.165) is 22.0 Å². The molecule has 5 heteroatoms. The summed E-state index contributed by atoms with van der Waals surface area (Å²) >= 11 is 1.72. The Hall–Kier alpha value is -1.75. The SMILES string of the molecule is Cc1cc(SCc2ccc(CC(=O)O)cc2)n(C)n1. The Morgan fingerprint density at radius 2 is 1.95 bits per heavy atom. The van der Waals surface area contributed by atoms with Crippen LogP contribution < -0.4 is 0 Å². The molecule has 0 aliphatic rings. The molecule has 0 aliphatic carbocycles. The van der Waals surface area contributed by atoms with Crippen molar-refractivity contribution in [1.29, 1.82) is 0 Å². The predicted molar refractivity (Wildman–Crippen MR) is 75.3 cm³/mol. The lowest BCUT2D eigenvalue weighted by atomic mass is 10.1. The minimum atomic E-state index is -0.799. The molecule has 4 nitrogen and oxygen atoms in total. The van der Waals surface area contributed by atoms with Crippen molar-refractivity contribution in [2.45, 2.75) is 24.1 Å². The molecule has 19 heavy (non-hydrogen) atoms. The molecular weight excluding hydrogens is 260 g/mol. The molecule has 0 radical (unpaired) electrons. The molecule has 2 aromatic rings. The largest absolute Gasteiger partial charge is 0.481 e. The topological polar surface area (TPSA) is 55.1 Å². The molecule has 0 saturated heterocycles. The van der Waals surface area contributed by atoms with Gasteiger partial charge in [0.05, 0.1) is 17.1 Å². The highest BCUT2D eigenvalue weighted by molar-refractivity contribution is 7.98. The van der Waals surface area contributed by atoms with Gasteiger partial charge in [0, 0.05) is 12.8 Å². The molecule has 0 fully saturated rings. The first-order chi connectivity index (χ1) is 9.04. The zero-order chi connectivity index (χ0) is 13.8. The predicted octanol–water partition coefficient (Wildman–Crippen LogP) is 2.65. The van der Waals surface area contributed by atoms with Crippen molar-refractivity contribution in [2.24, 2.45) is 7.05 Å². The van der Waals surface area contributed by atoms with Gasteiger partial charge < -0.3 is 5.11 Å². The number of aliphatic carboxylic acids is 1. The molecule has 1 aromatic heterocycles. The maximum absolute atomic E-state index is 10.6. The maximum atomic E-state index is 10.6. The number of rotatable bonds is 5. The van der Waals surface area contributed by atoms with Crippen molar-refractivity contribution in [2.75, 3.05) is 0 Å². The number of thioether (sulfide) groups is 1. The van der Waals surface area contributed by atoms with Crippen LogP contribution in [-0.2, 0) is 24.0 Å². The fraction of sp³-hybridized carbons (Fsp3) is 0.286. The summed E-state index contributed by atoms with van der Waals surface area (Å²) in [6, 6.07) is 9.77. The van der Waals surface area contributed by atoms with Crippen LogP contribution in [0.15, 0.2) is 35.4 Å². The molecule has 0 saturated carbocycles. The minimum Gasteiger partial charge on any atom is -0.481 e. The Kier molecular flexibility index (Phi) is 4.27. The van der Waals surface area contributed by atoms with E-state index in [4.69, 9.17) is 5.11 Å². The van der Waals surface area contributed by atoms with Crippen molar-refractivity contribution in [3.63, 3.8) is 0 Å². The molecule has 0 aliphatic heterocycles. The third-order valence-electron chi connectivity index (χ3n) is 2.72. The van der Waals surface area contributed by atoms with Gasteiger partial charge in [-0.25, -0.2) is 0 Å². The van der Waals surface area contributed by atoms with E-state index in [2.05, 4.69) is 11.2 Å². The molecule has 0 amide bonds. The van der Waals surface area contributed by atoms with Crippen LogP contribution in [-0.4, -0.2) is 20.9 Å². The smallest absolute Gasteiger partial charge is 0.307 e. The zero-order valence-corrected chi connectivity index (χ0v) is 11.8. The lowest BCUT2D eigenvalue weighted by molar-refractivity contribution is -0.136. The van der Waals surface area contributed by atoms with E-state index in [9.17, 15) is 4.79 Å². The number of benzene rings is 1. The lowest BCUT2D eigenvalue weighted by Crippen LogP contribution is -1.99. The Labute approximate surface area is 116 Å². The number of carbonyl (C=O) groups is 1. The van der Waals surface area contributed by atoms with Crippen molar-refractivity contribution in [3.05, 3.63) is 47.2 Å². The molecule has 0 atom stereocenters. The quantitative estimate of drug-likeness (QED) is 0.853. The van der Waals surface area contributed by atoms with E-state index in [1.165, 1.54) is 5.56 Å². The second-order valence-electron chi connectivity index (χ2n) is 4.42. The van der Waals surface area contributed by atoms with E-state index in [0.29, 0.717) is 0 Å². The van der Waals surface area contributed by atoms with E-state index < -0.39 is 5.97 Å². The Morgan fingerprint density at radius 1 is 1.32 bits per heavy atom. The zero-order valence-electron chi connectivity index (χ0n) is 11.0. The Morgan fingerprint density at radius 3 is 2.47 bits per heavy atom. The summed E-state index contributed by atoms with van der Waals surface area (Å²) in [6.45, 7) is 1.98. The molecule has 0 bridgehead atoms. The summed E-state index contributed by atoms with van der Waals surface area (Å²) in [4.78, 5) is 10.6. The number of aromatic nitrogens is 2. The van der Waals surface area contributed by atoms with Gasteiger partial charge in [-0.2, -0.15) is 5.10 Å². The van der Waals surface area contributed by atoms with Crippen LogP contribution in [0.3, 0.4) is 0 Å². The summed E-state index contributed by atoms with van der Waals surface area (Å²) in [5.74, 6) is 0.0549. The average molecular weight is 276 g/mol. The summed E-state index contributed by atoms with van der Waals surface area (Å²) in [5.41, 5.74) is 3.03. The van der Waals surface area contributed by atoms with Crippen LogP contribution in [0.4, 0.5) is 0 Å². The van der Waals surface area contributed by atoms with Crippen molar-refractivity contribution in [1.82, 2.24) is 9.78 Å². The highest BCUT2D eigenvalue weighted by Crippen LogP contribution is 2.23. The van der Waals surface area contributed by atoms with Crippen LogP contribution >= 0.6 is 11.8 Å². The van der Waals surface area contributed by atoms with Gasteiger partial charge in [0.2, 0.25) is 0 Å². The van der Waals surface area contributed by atoms with Gasteiger partial charge in [0.1, 0.15) is 0 Å². The lowest BCUT2D eigenvalue weighted by Gasteiger charge is -2.03. The molecule has 100 valence electrons. The number of carboxylic acid groups (broad SMARTS) is 1. The van der Waals surface area contributed by atoms with Gasteiger partial charge in [0.15, 0.2) is 0 Å². The first-order valence-electron chi connectivity index (χ1n) is 5.97. The van der Waals surface area contributed by atoms with E-state index in [1.807, 2.05) is 42.9 Å². The summed E-state index contributed by atoms with van der Waals surface area (Å²) < 4.78 is 1.87. The molecule has 1 aromatic carbocycles. The third kappa shape index (κ3) is 3.86. The highest BCUT2D eigenvalue weighted by Gasteiger charge is 2.04. The Bertz CT molecular complexity index is 576. The number of nitrogens with zero attached hydrogens (tertiary/aromatic N) is 2. The highest BCUT2D eigenvalue weighted by atomic mass is 32.2. The van der Waals surface area contributed by atoms with E-state index in [-0.39, 0.29) is 6.42 Å². The molecule has 1 heterocycles. The fourth-order valence-electron chi connectivity index (χ4n) is 1.81. The first kappa shape index (κ1) is 13.7. The van der Waals surface area contributed by atoms with Crippen LogP contribution in [0, 0.1) is 6.92 Å². The summed E-state index contributed by atoms with van der Waals surface area (Å²) in [6.07, 6.45) is 0.0777. The number of hydrogen-bond donors (Lipinski definition) is 1. The number of hydrogen-bond acceptors (Lipinski definition) is 3. The summed E-state index contributed by atoms with van der Waals surface area (Å²) in [7, 11) is 1.94. The van der Waals surface area contributed by atoms with Gasteiger partial charge in [-0.1, -0.05) is 24.3 Å². The van der Waals surface area contributed by atoms with E-state index in [1.54, 1.807) is 11.8 Å². The minimum absolute atomic E-state index is 0.0777. The molecular formula is C14H16N2O2S. The molecule has 0 spiro atoms. The third-order valence-corrected chi connectivity index (χ3v) is 3.88. The second kappa shape index (κ2) is 5.93. The monoisotopic (exact) mass is 276 g/mol. The van der Waals surface area contributed by atoms with Crippen molar-refractivity contribution >= 4 is 17.7 Å². The van der Waals surface area contributed by atoms with Gasteiger partial charge in [-0.05, 0) is 24.1 Å². The number of carboxylic acids is 1. The van der Waals surface area contributed by atoms with Crippen molar-refractivity contribution < 1.29 is 9.90 Å². The van der Waals surface area contributed by atoms with E-state index >= 15 is 0 Å². The number of aryl methyl sites for hydroxylation is 2. The van der Waals surface area contributed by atoms with Crippen LogP contribution in [0.25, 0.3) is 0 Å². The van der Waals surface area contributed by atoms with Gasteiger partial charge >= 0.3 is 5.97 Å².